The summed E-state index contributed by atoms with van der Waals surface area (Å²) in [5, 5.41) is 3.80. The van der Waals surface area contributed by atoms with Crippen LogP contribution in [0.2, 0.25) is 0 Å². The lowest BCUT2D eigenvalue weighted by Crippen LogP contribution is -2.26. The third kappa shape index (κ3) is 2.63. The van der Waals surface area contributed by atoms with E-state index in [0.29, 0.717) is 23.9 Å². The van der Waals surface area contributed by atoms with Gasteiger partial charge in [0.15, 0.2) is 0 Å². The number of benzene rings is 1. The fourth-order valence-corrected chi connectivity index (χ4v) is 2.64. The van der Waals surface area contributed by atoms with Gasteiger partial charge in [0.1, 0.15) is 0 Å². The average Bonchev–Trinajstić information content (AvgIpc) is 3.07. The van der Waals surface area contributed by atoms with Gasteiger partial charge in [0.05, 0.1) is 11.7 Å². The maximum atomic E-state index is 12.2. The second-order valence-electron chi connectivity index (χ2n) is 5.19. The van der Waals surface area contributed by atoms with Gasteiger partial charge in [-0.25, -0.2) is 0 Å². The van der Waals surface area contributed by atoms with E-state index in [0.717, 1.165) is 36.8 Å². The Kier molecular flexibility index (Phi) is 3.60. The molecule has 2 aromatic rings. The second-order valence-corrected chi connectivity index (χ2v) is 5.19. The molecular weight excluding hydrogens is 254 g/mol. The Morgan fingerprint density at radius 1 is 1.50 bits per heavy atom. The molecule has 2 heterocycles. The maximum absolute atomic E-state index is 12.2. The first kappa shape index (κ1) is 13.0. The molecule has 1 atom stereocenters. The number of anilines is 1. The molecule has 3 rings (SSSR count). The molecule has 1 aromatic carbocycles. The smallest absolute Gasteiger partial charge is 0.253 e. The summed E-state index contributed by atoms with van der Waals surface area (Å²) in [6, 6.07) is 5.52. The highest BCUT2D eigenvalue weighted by Gasteiger charge is 2.16. The lowest BCUT2D eigenvalue weighted by Gasteiger charge is -2.09. The Morgan fingerprint density at radius 2 is 2.40 bits per heavy atom. The first-order chi connectivity index (χ1) is 9.74. The minimum Gasteiger partial charge on any atom is -0.399 e. The minimum atomic E-state index is -0.0696. The molecule has 1 unspecified atom stereocenters. The van der Waals surface area contributed by atoms with Crippen LogP contribution in [0.4, 0.5) is 5.69 Å². The van der Waals surface area contributed by atoms with Crippen LogP contribution in [0.25, 0.3) is 10.9 Å². The van der Waals surface area contributed by atoms with Crippen LogP contribution in [0.5, 0.6) is 0 Å². The van der Waals surface area contributed by atoms with Gasteiger partial charge in [0.25, 0.3) is 5.91 Å². The normalized spacial score (nSPS) is 18.5. The highest BCUT2D eigenvalue weighted by molar-refractivity contribution is 6.07. The standard InChI is InChI=1S/C15H19N3O2/c16-10-3-4-14-12(8-10)13(9-18-14)15(19)17-6-5-11-2-1-7-20-11/h3-4,8-9,11,18H,1-2,5-7,16H2,(H,17,19). The molecule has 4 N–H and O–H groups in total. The lowest BCUT2D eigenvalue weighted by atomic mass is 10.1. The summed E-state index contributed by atoms with van der Waals surface area (Å²) >= 11 is 0. The third-order valence-corrected chi connectivity index (χ3v) is 3.73. The molecule has 106 valence electrons. The zero-order valence-electron chi connectivity index (χ0n) is 11.3. The van der Waals surface area contributed by atoms with E-state index in [4.69, 9.17) is 10.5 Å². The predicted octanol–water partition coefficient (Wildman–Crippen LogP) is 2.05. The molecule has 0 bridgehead atoms. The number of carbonyl (C=O) groups excluding carboxylic acids is 1. The van der Waals surface area contributed by atoms with Crippen LogP contribution in [0.3, 0.4) is 0 Å². The molecule has 0 radical (unpaired) electrons. The van der Waals surface area contributed by atoms with Crippen LogP contribution in [0.15, 0.2) is 24.4 Å². The van der Waals surface area contributed by atoms with E-state index in [2.05, 4.69) is 10.3 Å². The van der Waals surface area contributed by atoms with Gasteiger partial charge in [-0.1, -0.05) is 0 Å². The van der Waals surface area contributed by atoms with Gasteiger partial charge in [0.2, 0.25) is 0 Å². The highest BCUT2D eigenvalue weighted by atomic mass is 16.5. The number of nitrogens with one attached hydrogen (secondary N) is 2. The summed E-state index contributed by atoms with van der Waals surface area (Å²) in [4.78, 5) is 15.3. The van der Waals surface area contributed by atoms with Crippen molar-refractivity contribution in [1.82, 2.24) is 10.3 Å². The molecule has 1 aromatic heterocycles. The number of nitrogen functional groups attached to an aromatic ring is 1. The van der Waals surface area contributed by atoms with E-state index < -0.39 is 0 Å². The molecule has 20 heavy (non-hydrogen) atoms. The molecule has 1 aliphatic rings. The molecule has 0 saturated carbocycles. The molecule has 1 amide bonds. The van der Waals surface area contributed by atoms with E-state index >= 15 is 0 Å². The number of ether oxygens (including phenoxy) is 1. The highest BCUT2D eigenvalue weighted by Crippen LogP contribution is 2.21. The van der Waals surface area contributed by atoms with Crippen LogP contribution in [-0.4, -0.2) is 30.1 Å². The van der Waals surface area contributed by atoms with Crippen LogP contribution in [-0.2, 0) is 4.74 Å². The Hall–Kier alpha value is -2.01. The van der Waals surface area contributed by atoms with E-state index in [-0.39, 0.29) is 5.91 Å². The summed E-state index contributed by atoms with van der Waals surface area (Å²) in [6.07, 6.45) is 5.12. The molecule has 1 fully saturated rings. The van der Waals surface area contributed by atoms with Crippen molar-refractivity contribution in [2.24, 2.45) is 0 Å². The number of aromatic amines is 1. The fourth-order valence-electron chi connectivity index (χ4n) is 2.64. The number of H-pyrrole nitrogens is 1. The summed E-state index contributed by atoms with van der Waals surface area (Å²) in [7, 11) is 0. The zero-order chi connectivity index (χ0) is 13.9. The van der Waals surface area contributed by atoms with Crippen molar-refractivity contribution in [2.75, 3.05) is 18.9 Å². The monoisotopic (exact) mass is 273 g/mol. The van der Waals surface area contributed by atoms with Crippen LogP contribution in [0.1, 0.15) is 29.6 Å². The first-order valence-electron chi connectivity index (χ1n) is 7.00. The number of carbonyl (C=O) groups is 1. The quantitative estimate of drug-likeness (QED) is 0.746. The van der Waals surface area contributed by atoms with Gasteiger partial charge >= 0.3 is 0 Å². The van der Waals surface area contributed by atoms with Crippen LogP contribution in [0, 0.1) is 0 Å². The van der Waals surface area contributed by atoms with Gasteiger partial charge in [-0.15, -0.1) is 0 Å². The average molecular weight is 273 g/mol. The Balaban J connectivity index is 1.64. The number of rotatable bonds is 4. The summed E-state index contributed by atoms with van der Waals surface area (Å²) < 4.78 is 5.54. The number of hydrogen-bond donors (Lipinski definition) is 3. The summed E-state index contributed by atoms with van der Waals surface area (Å²) in [6.45, 7) is 1.48. The number of amides is 1. The van der Waals surface area contributed by atoms with E-state index in [1.54, 1.807) is 6.20 Å². The molecular formula is C15H19N3O2. The molecule has 1 saturated heterocycles. The van der Waals surface area contributed by atoms with Crippen molar-refractivity contribution < 1.29 is 9.53 Å². The first-order valence-corrected chi connectivity index (χ1v) is 7.00. The summed E-state index contributed by atoms with van der Waals surface area (Å²) in [5.41, 5.74) is 7.99. The van der Waals surface area contributed by atoms with Gasteiger partial charge in [-0.3, -0.25) is 4.79 Å². The van der Waals surface area contributed by atoms with Gasteiger partial charge in [-0.05, 0) is 37.5 Å². The van der Waals surface area contributed by atoms with Gasteiger partial charge in [-0.2, -0.15) is 0 Å². The van der Waals surface area contributed by atoms with Crippen LogP contribution >= 0.6 is 0 Å². The van der Waals surface area contributed by atoms with Gasteiger partial charge < -0.3 is 20.8 Å². The number of fused-ring (bicyclic) bond motifs is 1. The molecule has 0 spiro atoms. The second kappa shape index (κ2) is 5.54. The zero-order valence-corrected chi connectivity index (χ0v) is 11.3. The molecule has 1 aliphatic heterocycles. The van der Waals surface area contributed by atoms with Crippen molar-refractivity contribution in [1.29, 1.82) is 0 Å². The number of nitrogens with two attached hydrogens (primary N) is 1. The largest absolute Gasteiger partial charge is 0.399 e. The third-order valence-electron chi connectivity index (χ3n) is 3.73. The molecule has 5 heteroatoms. The van der Waals surface area contributed by atoms with Crippen molar-refractivity contribution in [3.05, 3.63) is 30.0 Å². The van der Waals surface area contributed by atoms with Crippen molar-refractivity contribution in [2.45, 2.75) is 25.4 Å². The molecule has 0 aliphatic carbocycles. The number of aromatic nitrogens is 1. The molecule has 5 nitrogen and oxygen atoms in total. The Bertz CT molecular complexity index is 615. The van der Waals surface area contributed by atoms with Crippen molar-refractivity contribution >= 4 is 22.5 Å². The minimum absolute atomic E-state index is 0.0696. The SMILES string of the molecule is Nc1ccc2[nH]cc(C(=O)NCCC3CCCO3)c2c1. The Morgan fingerprint density at radius 3 is 3.20 bits per heavy atom. The van der Waals surface area contributed by atoms with Gasteiger partial charge in [0, 0.05) is 35.9 Å². The van der Waals surface area contributed by atoms with Crippen LogP contribution < -0.4 is 11.1 Å². The van der Waals surface area contributed by atoms with E-state index in [1.807, 2.05) is 18.2 Å². The number of hydrogen-bond acceptors (Lipinski definition) is 3. The fraction of sp³-hybridized carbons (Fsp3) is 0.400. The van der Waals surface area contributed by atoms with Crippen molar-refractivity contribution in [3.8, 4) is 0 Å². The van der Waals surface area contributed by atoms with Crippen molar-refractivity contribution in [3.63, 3.8) is 0 Å². The predicted molar refractivity (Wildman–Crippen MR) is 78.6 cm³/mol. The lowest BCUT2D eigenvalue weighted by molar-refractivity contribution is 0.0908. The topological polar surface area (TPSA) is 80.1 Å². The Labute approximate surface area is 117 Å². The van der Waals surface area contributed by atoms with E-state index in [9.17, 15) is 4.79 Å². The maximum Gasteiger partial charge on any atom is 0.253 e. The van der Waals surface area contributed by atoms with E-state index in [1.165, 1.54) is 0 Å². The summed E-state index contributed by atoms with van der Waals surface area (Å²) in [5.74, 6) is -0.0696.